The zero-order chi connectivity index (χ0) is 17.9. The molecule has 0 aromatic heterocycles. The zero-order valence-corrected chi connectivity index (χ0v) is 13.5. The molecule has 1 aromatic carbocycles. The highest BCUT2D eigenvalue weighted by molar-refractivity contribution is 8.12. The Morgan fingerprint density at radius 3 is 2.17 bits per heavy atom. The van der Waals surface area contributed by atoms with Crippen LogP contribution in [0.4, 0.5) is 18.0 Å². The van der Waals surface area contributed by atoms with Crippen molar-refractivity contribution in [2.45, 2.75) is 23.9 Å². The van der Waals surface area contributed by atoms with Gasteiger partial charge in [0.2, 0.25) is 0 Å². The van der Waals surface area contributed by atoms with Gasteiger partial charge < -0.3 is 0 Å². The molecule has 2 N–H and O–H groups in total. The number of halogens is 4. The quantitative estimate of drug-likeness (QED) is 0.738. The van der Waals surface area contributed by atoms with E-state index in [0.717, 1.165) is 16.9 Å². The average molecular weight is 395 g/mol. The first-order valence-electron chi connectivity index (χ1n) is 5.74. The number of hydrogen-bond donors (Lipinski definition) is 2. The number of carbonyl (C=O) groups excluding carboxylic acids is 1. The van der Waals surface area contributed by atoms with Crippen molar-refractivity contribution in [3.63, 3.8) is 0 Å². The van der Waals surface area contributed by atoms with Crippen molar-refractivity contribution in [3.05, 3.63) is 29.8 Å². The normalized spacial score (nSPS) is 12.7. The van der Waals surface area contributed by atoms with Gasteiger partial charge in [0.05, 0.1) is 4.90 Å². The maximum atomic E-state index is 12.3. The molecule has 0 heterocycles. The number of carbonyl (C=O) groups is 1. The Morgan fingerprint density at radius 2 is 1.65 bits per heavy atom. The first-order valence-corrected chi connectivity index (χ1v) is 9.53. The number of rotatable bonds is 5. The van der Waals surface area contributed by atoms with E-state index in [4.69, 9.17) is 10.7 Å². The molecule has 130 valence electrons. The molecule has 0 fully saturated rings. The summed E-state index contributed by atoms with van der Waals surface area (Å²) in [4.78, 5) is 10.7. The maximum absolute atomic E-state index is 12.3. The summed E-state index contributed by atoms with van der Waals surface area (Å²) in [5.74, 6) is 0. The van der Waals surface area contributed by atoms with Crippen LogP contribution in [0.15, 0.2) is 29.2 Å². The van der Waals surface area contributed by atoms with Crippen LogP contribution in [0.5, 0.6) is 0 Å². The van der Waals surface area contributed by atoms with Crippen molar-refractivity contribution in [2.24, 2.45) is 0 Å². The van der Waals surface area contributed by atoms with Crippen LogP contribution in [-0.4, -0.2) is 29.0 Å². The molecule has 0 atom stereocenters. The minimum Gasteiger partial charge on any atom is -0.247 e. The number of amides is 2. The molecule has 2 amide bonds. The molecular weight excluding hydrogens is 385 g/mol. The predicted molar refractivity (Wildman–Crippen MR) is 74.4 cm³/mol. The Kier molecular flexibility index (Phi) is 5.88. The summed E-state index contributed by atoms with van der Waals surface area (Å²) >= 11 is 0. The van der Waals surface area contributed by atoms with E-state index < -0.39 is 49.2 Å². The summed E-state index contributed by atoms with van der Waals surface area (Å²) in [5, 5.41) is 0. The van der Waals surface area contributed by atoms with Gasteiger partial charge in [-0.3, -0.25) is 0 Å². The van der Waals surface area contributed by atoms with Crippen LogP contribution in [0, 0.1) is 0 Å². The zero-order valence-electron chi connectivity index (χ0n) is 11.1. The third-order valence-electron chi connectivity index (χ3n) is 2.38. The van der Waals surface area contributed by atoms with Crippen molar-refractivity contribution in [2.75, 3.05) is 0 Å². The SMILES string of the molecule is O=C(NS(=O)(=O)Cl)NS(=O)(=O)c1ccccc1CCC(F)(F)F. The second kappa shape index (κ2) is 6.93. The monoisotopic (exact) mass is 394 g/mol. The summed E-state index contributed by atoms with van der Waals surface area (Å²) in [5.41, 5.74) is -0.182. The first kappa shape index (κ1) is 19.5. The Labute approximate surface area is 134 Å². The summed E-state index contributed by atoms with van der Waals surface area (Å²) in [7, 11) is -4.39. The van der Waals surface area contributed by atoms with Gasteiger partial charge in [0.15, 0.2) is 0 Å². The van der Waals surface area contributed by atoms with E-state index in [1.807, 2.05) is 0 Å². The number of urea groups is 1. The Bertz CT molecular complexity index is 793. The molecule has 0 aliphatic rings. The minimum absolute atomic E-state index is 0.182. The largest absolute Gasteiger partial charge is 0.389 e. The smallest absolute Gasteiger partial charge is 0.247 e. The van der Waals surface area contributed by atoms with Crippen LogP contribution in [0.3, 0.4) is 0 Å². The van der Waals surface area contributed by atoms with E-state index >= 15 is 0 Å². The molecule has 0 aliphatic carbocycles. The molecule has 13 heteroatoms. The highest BCUT2D eigenvalue weighted by Crippen LogP contribution is 2.25. The molecule has 1 aromatic rings. The average Bonchev–Trinajstić information content (AvgIpc) is 2.32. The summed E-state index contributed by atoms with van der Waals surface area (Å²) in [6.07, 6.45) is -6.38. The van der Waals surface area contributed by atoms with Crippen molar-refractivity contribution < 1.29 is 34.8 Å². The Balaban J connectivity index is 3.03. The molecule has 0 spiro atoms. The van der Waals surface area contributed by atoms with Crippen LogP contribution in [-0.2, 0) is 25.7 Å². The number of alkyl halides is 3. The molecule has 0 saturated carbocycles. The summed E-state index contributed by atoms with van der Waals surface area (Å²) in [6.45, 7) is 0. The van der Waals surface area contributed by atoms with E-state index in [-0.39, 0.29) is 5.56 Å². The molecule has 0 aliphatic heterocycles. The van der Waals surface area contributed by atoms with Gasteiger partial charge in [0, 0.05) is 17.1 Å². The minimum atomic E-state index is -4.58. The predicted octanol–water partition coefficient (Wildman–Crippen LogP) is 1.65. The number of aryl methyl sites for hydroxylation is 1. The van der Waals surface area contributed by atoms with Crippen LogP contribution in [0.1, 0.15) is 12.0 Å². The highest BCUT2D eigenvalue weighted by atomic mass is 35.7. The number of sulfonamides is 1. The molecule has 0 unspecified atom stereocenters. The molecule has 7 nitrogen and oxygen atoms in total. The Hall–Kier alpha value is -1.53. The lowest BCUT2D eigenvalue weighted by Crippen LogP contribution is -2.40. The second-order valence-electron chi connectivity index (χ2n) is 4.20. The van der Waals surface area contributed by atoms with Crippen LogP contribution in [0.25, 0.3) is 0 Å². The van der Waals surface area contributed by atoms with Gasteiger partial charge in [-0.15, -0.1) is 0 Å². The Morgan fingerprint density at radius 1 is 1.09 bits per heavy atom. The number of hydrogen-bond acceptors (Lipinski definition) is 5. The lowest BCUT2D eigenvalue weighted by atomic mass is 10.1. The van der Waals surface area contributed by atoms with E-state index in [0.29, 0.717) is 0 Å². The van der Waals surface area contributed by atoms with Crippen LogP contribution >= 0.6 is 10.7 Å². The fourth-order valence-corrected chi connectivity index (χ4v) is 3.28. The van der Waals surface area contributed by atoms with Gasteiger partial charge in [-0.1, -0.05) is 18.2 Å². The fourth-order valence-electron chi connectivity index (χ4n) is 1.56. The van der Waals surface area contributed by atoms with Crippen molar-refractivity contribution in [3.8, 4) is 0 Å². The number of benzene rings is 1. The molecular formula is C10H10ClF3N2O5S2. The lowest BCUT2D eigenvalue weighted by molar-refractivity contribution is -0.134. The van der Waals surface area contributed by atoms with E-state index in [2.05, 4.69) is 0 Å². The van der Waals surface area contributed by atoms with E-state index in [1.54, 1.807) is 0 Å². The maximum Gasteiger partial charge on any atom is 0.389 e. The van der Waals surface area contributed by atoms with Gasteiger partial charge in [-0.25, -0.2) is 22.7 Å². The standard InChI is InChI=1S/C10H10ClF3N2O5S2/c11-23(20,21)16-9(17)15-22(18,19)8-4-2-1-3-7(8)5-6-10(12,13)14/h1-4H,5-6H2,(H2,15,16,17). The highest BCUT2D eigenvalue weighted by Gasteiger charge is 2.29. The summed E-state index contributed by atoms with van der Waals surface area (Å²) in [6, 6.07) is 3.04. The molecule has 23 heavy (non-hydrogen) atoms. The fraction of sp³-hybridized carbons (Fsp3) is 0.300. The molecule has 0 radical (unpaired) electrons. The van der Waals surface area contributed by atoms with Gasteiger partial charge in [0.25, 0.3) is 10.0 Å². The van der Waals surface area contributed by atoms with Gasteiger partial charge in [0.1, 0.15) is 0 Å². The van der Waals surface area contributed by atoms with Crippen LogP contribution in [0.2, 0.25) is 0 Å². The van der Waals surface area contributed by atoms with Gasteiger partial charge >= 0.3 is 21.4 Å². The van der Waals surface area contributed by atoms with Gasteiger partial charge in [-0.05, 0) is 18.1 Å². The summed E-state index contributed by atoms with van der Waals surface area (Å²) < 4.78 is 84.5. The molecule has 0 bridgehead atoms. The van der Waals surface area contributed by atoms with Crippen molar-refractivity contribution in [1.29, 1.82) is 0 Å². The third-order valence-corrected chi connectivity index (χ3v) is 4.47. The third kappa shape index (κ3) is 7.05. The van der Waals surface area contributed by atoms with Gasteiger partial charge in [-0.2, -0.15) is 21.6 Å². The topological polar surface area (TPSA) is 109 Å². The van der Waals surface area contributed by atoms with E-state index in [9.17, 15) is 34.8 Å². The van der Waals surface area contributed by atoms with Crippen molar-refractivity contribution in [1.82, 2.24) is 9.44 Å². The van der Waals surface area contributed by atoms with Crippen LogP contribution < -0.4 is 9.44 Å². The molecule has 0 saturated heterocycles. The van der Waals surface area contributed by atoms with Crippen molar-refractivity contribution >= 4 is 36.0 Å². The second-order valence-corrected chi connectivity index (χ2v) is 8.15. The first-order chi connectivity index (χ1) is 10.3. The molecule has 1 rings (SSSR count). The number of nitrogens with one attached hydrogen (secondary N) is 2. The lowest BCUT2D eigenvalue weighted by Gasteiger charge is -2.12. The van der Waals surface area contributed by atoms with E-state index in [1.165, 1.54) is 16.9 Å².